The van der Waals surface area contributed by atoms with Crippen LogP contribution >= 0.6 is 11.3 Å². The molecule has 4 rings (SSSR count). The summed E-state index contributed by atoms with van der Waals surface area (Å²) in [6, 6.07) is 19.0. The van der Waals surface area contributed by atoms with Crippen LogP contribution < -0.4 is 4.74 Å². The van der Waals surface area contributed by atoms with Crippen LogP contribution in [0.15, 0.2) is 66.0 Å². The minimum Gasteiger partial charge on any atom is -0.497 e. The first-order valence-electron chi connectivity index (χ1n) is 10.9. The van der Waals surface area contributed by atoms with Gasteiger partial charge in [-0.2, -0.15) is 0 Å². The molecule has 0 saturated heterocycles. The summed E-state index contributed by atoms with van der Waals surface area (Å²) in [5.74, 6) is 0.306. The molecule has 0 bridgehead atoms. The van der Waals surface area contributed by atoms with Crippen LogP contribution in [0.5, 0.6) is 5.75 Å². The Morgan fingerprint density at radius 3 is 2.67 bits per heavy atom. The zero-order valence-electron chi connectivity index (χ0n) is 18.9. The van der Waals surface area contributed by atoms with Crippen molar-refractivity contribution in [1.29, 1.82) is 0 Å². The molecular formula is C26H28N2O4S. The maximum absolute atomic E-state index is 13.6. The van der Waals surface area contributed by atoms with Gasteiger partial charge in [0.05, 0.1) is 19.8 Å². The molecule has 33 heavy (non-hydrogen) atoms. The van der Waals surface area contributed by atoms with Crippen LogP contribution in [0.25, 0.3) is 0 Å². The van der Waals surface area contributed by atoms with Crippen LogP contribution in [0.4, 0.5) is 0 Å². The smallest absolute Gasteiger partial charge is 0.254 e. The summed E-state index contributed by atoms with van der Waals surface area (Å²) in [6.45, 7) is 1.28. The third-order valence-corrected chi connectivity index (χ3v) is 6.89. The Hall–Kier alpha value is -3.16. The van der Waals surface area contributed by atoms with E-state index in [1.165, 1.54) is 10.4 Å². The number of hydrogen-bond acceptors (Lipinski definition) is 5. The van der Waals surface area contributed by atoms with E-state index in [9.17, 15) is 9.59 Å². The van der Waals surface area contributed by atoms with Gasteiger partial charge in [0.25, 0.3) is 5.91 Å². The molecule has 0 radical (unpaired) electrons. The second-order valence-corrected chi connectivity index (χ2v) is 8.90. The first kappa shape index (κ1) is 23.0. The third kappa shape index (κ3) is 5.10. The number of methoxy groups -OCH3 is 2. The van der Waals surface area contributed by atoms with Crippen molar-refractivity contribution < 1.29 is 19.1 Å². The maximum Gasteiger partial charge on any atom is 0.254 e. The Kier molecular flexibility index (Phi) is 7.42. The summed E-state index contributed by atoms with van der Waals surface area (Å²) >= 11 is 1.74. The van der Waals surface area contributed by atoms with Crippen molar-refractivity contribution in [3.8, 4) is 5.75 Å². The second kappa shape index (κ2) is 10.6. The van der Waals surface area contributed by atoms with Gasteiger partial charge in [-0.3, -0.25) is 9.59 Å². The predicted molar refractivity (Wildman–Crippen MR) is 129 cm³/mol. The highest BCUT2D eigenvalue weighted by Crippen LogP contribution is 2.37. The number of carbonyl (C=O) groups excluding carboxylic acids is 2. The fraction of sp³-hybridized carbons (Fsp3) is 0.308. The summed E-state index contributed by atoms with van der Waals surface area (Å²) in [4.78, 5) is 31.7. The zero-order valence-corrected chi connectivity index (χ0v) is 19.7. The normalized spacial score (nSPS) is 15.1. The summed E-state index contributed by atoms with van der Waals surface area (Å²) in [5, 5.41) is 2.09. The van der Waals surface area contributed by atoms with Crippen LogP contribution in [-0.2, 0) is 16.0 Å². The highest BCUT2D eigenvalue weighted by Gasteiger charge is 2.34. The Morgan fingerprint density at radius 2 is 1.91 bits per heavy atom. The molecule has 172 valence electrons. The molecule has 6 nitrogen and oxygen atoms in total. The van der Waals surface area contributed by atoms with E-state index in [1.807, 2.05) is 23.1 Å². The number of ether oxygens (including phenoxy) is 2. The van der Waals surface area contributed by atoms with Gasteiger partial charge in [0.15, 0.2) is 0 Å². The number of rotatable bonds is 8. The monoisotopic (exact) mass is 464 g/mol. The van der Waals surface area contributed by atoms with Gasteiger partial charge in [-0.15, -0.1) is 11.3 Å². The number of carbonyl (C=O) groups is 2. The Morgan fingerprint density at radius 1 is 1.09 bits per heavy atom. The lowest BCUT2D eigenvalue weighted by molar-refractivity contribution is -0.134. The van der Waals surface area contributed by atoms with Crippen molar-refractivity contribution in [3.05, 3.63) is 87.6 Å². The molecule has 0 saturated carbocycles. The van der Waals surface area contributed by atoms with E-state index in [4.69, 9.17) is 9.47 Å². The number of nitrogens with zero attached hydrogens (tertiary/aromatic N) is 2. The lowest BCUT2D eigenvalue weighted by Gasteiger charge is -2.37. The summed E-state index contributed by atoms with van der Waals surface area (Å²) < 4.78 is 10.5. The van der Waals surface area contributed by atoms with Gasteiger partial charge in [-0.25, -0.2) is 0 Å². The summed E-state index contributed by atoms with van der Waals surface area (Å²) in [6.07, 6.45) is 0.823. The number of hydrogen-bond donors (Lipinski definition) is 0. The van der Waals surface area contributed by atoms with E-state index in [-0.39, 0.29) is 24.4 Å². The molecule has 0 N–H and O–H groups in total. The molecule has 2 heterocycles. The van der Waals surface area contributed by atoms with Crippen molar-refractivity contribution in [2.24, 2.45) is 0 Å². The number of amides is 2. The first-order valence-corrected chi connectivity index (χ1v) is 11.8. The molecular weight excluding hydrogens is 436 g/mol. The number of fused-ring (bicyclic) bond motifs is 1. The van der Waals surface area contributed by atoms with E-state index in [1.54, 1.807) is 54.7 Å². The molecule has 2 aromatic carbocycles. The van der Waals surface area contributed by atoms with Gasteiger partial charge in [0, 0.05) is 30.6 Å². The number of benzene rings is 2. The summed E-state index contributed by atoms with van der Waals surface area (Å²) in [5.41, 5.74) is 2.73. The van der Waals surface area contributed by atoms with E-state index < -0.39 is 0 Å². The zero-order chi connectivity index (χ0) is 23.2. The largest absolute Gasteiger partial charge is 0.497 e. The highest BCUT2D eigenvalue weighted by molar-refractivity contribution is 7.10. The van der Waals surface area contributed by atoms with Gasteiger partial charge in [-0.05, 0) is 47.2 Å². The van der Waals surface area contributed by atoms with Crippen LogP contribution in [0.3, 0.4) is 0 Å². The van der Waals surface area contributed by atoms with Crippen molar-refractivity contribution in [3.63, 3.8) is 0 Å². The predicted octanol–water partition coefficient (Wildman–Crippen LogP) is 4.02. The average molecular weight is 465 g/mol. The molecule has 7 heteroatoms. The van der Waals surface area contributed by atoms with Gasteiger partial charge >= 0.3 is 0 Å². The molecule has 1 aromatic heterocycles. The van der Waals surface area contributed by atoms with Crippen LogP contribution in [0.2, 0.25) is 0 Å². The lowest BCUT2D eigenvalue weighted by Crippen LogP contribution is -2.47. The fourth-order valence-electron chi connectivity index (χ4n) is 4.23. The first-order chi connectivity index (χ1) is 16.1. The third-order valence-electron chi connectivity index (χ3n) is 5.90. The van der Waals surface area contributed by atoms with Crippen molar-refractivity contribution >= 4 is 23.2 Å². The number of thiophene rings is 1. The molecule has 1 unspecified atom stereocenters. The maximum atomic E-state index is 13.6. The topological polar surface area (TPSA) is 59.1 Å². The quantitative estimate of drug-likeness (QED) is 0.505. The molecule has 0 aliphatic carbocycles. The van der Waals surface area contributed by atoms with Crippen LogP contribution in [-0.4, -0.2) is 62.1 Å². The van der Waals surface area contributed by atoms with E-state index in [0.717, 1.165) is 12.0 Å². The van der Waals surface area contributed by atoms with Crippen molar-refractivity contribution in [2.75, 3.05) is 40.5 Å². The average Bonchev–Trinajstić information content (AvgIpc) is 3.35. The standard InChI is InChI=1S/C26H28N2O4S/c1-31-15-14-27(26(30)20-9-6-10-21(17-20)32-2)18-24(29)28-13-11-23-22(12-16-33-23)25(28)19-7-4-3-5-8-19/h3-10,12,16-17,25H,11,13-15,18H2,1-2H3. The molecule has 1 atom stereocenters. The van der Waals surface area contributed by atoms with Crippen molar-refractivity contribution in [2.45, 2.75) is 12.5 Å². The Bertz CT molecular complexity index is 1100. The molecule has 1 aliphatic rings. The Balaban J connectivity index is 1.59. The molecule has 1 aliphatic heterocycles. The minimum atomic E-state index is -0.219. The van der Waals surface area contributed by atoms with Gasteiger partial charge in [0.2, 0.25) is 5.91 Å². The second-order valence-electron chi connectivity index (χ2n) is 7.90. The Labute approximate surface area is 198 Å². The fourth-order valence-corrected chi connectivity index (χ4v) is 5.13. The van der Waals surface area contributed by atoms with Crippen molar-refractivity contribution in [1.82, 2.24) is 9.80 Å². The van der Waals surface area contributed by atoms with Gasteiger partial charge in [0.1, 0.15) is 12.3 Å². The molecule has 0 fully saturated rings. The summed E-state index contributed by atoms with van der Waals surface area (Å²) in [7, 11) is 3.15. The van der Waals surface area contributed by atoms with E-state index in [0.29, 0.717) is 31.0 Å². The van der Waals surface area contributed by atoms with Gasteiger partial charge < -0.3 is 19.3 Å². The molecule has 0 spiro atoms. The van der Waals surface area contributed by atoms with Crippen LogP contribution in [0, 0.1) is 0 Å². The lowest BCUT2D eigenvalue weighted by atomic mass is 9.93. The molecule has 3 aromatic rings. The molecule has 2 amide bonds. The van der Waals surface area contributed by atoms with E-state index in [2.05, 4.69) is 23.6 Å². The minimum absolute atomic E-state index is 0.0117. The van der Waals surface area contributed by atoms with Crippen LogP contribution in [0.1, 0.15) is 32.4 Å². The van der Waals surface area contributed by atoms with Gasteiger partial charge in [-0.1, -0.05) is 36.4 Å². The SMILES string of the molecule is COCCN(CC(=O)N1CCc2sccc2C1c1ccccc1)C(=O)c1cccc(OC)c1. The highest BCUT2D eigenvalue weighted by atomic mass is 32.1. The van der Waals surface area contributed by atoms with E-state index >= 15 is 0 Å².